The Kier molecular flexibility index (Phi) is 3.89. The smallest absolute Gasteiger partial charge is 0.311 e. The van der Waals surface area contributed by atoms with Gasteiger partial charge in [0.25, 0.3) is 0 Å². The summed E-state index contributed by atoms with van der Waals surface area (Å²) in [6, 6.07) is 0. The van der Waals surface area contributed by atoms with Crippen LogP contribution in [0.4, 0.5) is 0 Å². The van der Waals surface area contributed by atoms with E-state index in [2.05, 4.69) is 0 Å². The topological polar surface area (TPSA) is 78.9 Å². The number of ether oxygens (including phenoxy) is 3. The number of methoxy groups -OCH3 is 1. The summed E-state index contributed by atoms with van der Waals surface area (Å²) in [7, 11) is 1.32. The summed E-state index contributed by atoms with van der Waals surface area (Å²) in [5.41, 5.74) is -0.584. The van der Waals surface area contributed by atoms with Crippen molar-refractivity contribution in [2.24, 2.45) is 29.1 Å². The summed E-state index contributed by atoms with van der Waals surface area (Å²) in [5.74, 6) is -2.27. The Morgan fingerprint density at radius 1 is 1.30 bits per heavy atom. The number of hydrogen-bond acceptors (Lipinski definition) is 6. The van der Waals surface area contributed by atoms with E-state index >= 15 is 0 Å². The van der Waals surface area contributed by atoms with Crippen LogP contribution in [0, 0.1) is 29.1 Å². The van der Waals surface area contributed by atoms with Gasteiger partial charge in [-0.2, -0.15) is 0 Å². The summed E-state index contributed by atoms with van der Waals surface area (Å²) in [4.78, 5) is 36.7. The van der Waals surface area contributed by atoms with E-state index in [9.17, 15) is 14.4 Å². The maximum atomic E-state index is 12.5. The fraction of sp³-hybridized carbons (Fsp3) is 0.824. The minimum Gasteiger partial charge on any atom is -0.469 e. The normalized spacial score (nSPS) is 37.7. The van der Waals surface area contributed by atoms with Crippen molar-refractivity contribution in [2.45, 2.75) is 52.2 Å². The molecule has 0 spiro atoms. The summed E-state index contributed by atoms with van der Waals surface area (Å²) in [6.45, 7) is 5.73. The highest BCUT2D eigenvalue weighted by Crippen LogP contribution is 2.59. The molecule has 1 aliphatic heterocycles. The first kappa shape index (κ1) is 16.3. The molecule has 2 bridgehead atoms. The van der Waals surface area contributed by atoms with Crippen molar-refractivity contribution < 1.29 is 28.6 Å². The van der Waals surface area contributed by atoms with Gasteiger partial charge in [0.05, 0.1) is 24.4 Å². The molecule has 0 N–H and O–H groups in total. The molecule has 6 nitrogen and oxygen atoms in total. The van der Waals surface area contributed by atoms with Crippen LogP contribution >= 0.6 is 0 Å². The quantitative estimate of drug-likeness (QED) is 0.566. The van der Waals surface area contributed by atoms with Gasteiger partial charge in [-0.25, -0.2) is 0 Å². The molecule has 2 aliphatic carbocycles. The van der Waals surface area contributed by atoms with E-state index in [1.165, 1.54) is 7.11 Å². The van der Waals surface area contributed by atoms with E-state index < -0.39 is 35.4 Å². The number of carbonyl (C=O) groups excluding carboxylic acids is 3. The van der Waals surface area contributed by atoms with Gasteiger partial charge in [0.2, 0.25) is 0 Å². The predicted molar refractivity (Wildman–Crippen MR) is 79.0 cm³/mol. The fourth-order valence-electron chi connectivity index (χ4n) is 4.61. The van der Waals surface area contributed by atoms with Crippen molar-refractivity contribution in [1.29, 1.82) is 0 Å². The van der Waals surface area contributed by atoms with Crippen molar-refractivity contribution in [3.05, 3.63) is 0 Å². The minimum atomic E-state index is -0.584. The van der Waals surface area contributed by atoms with Crippen molar-refractivity contribution >= 4 is 17.9 Å². The molecule has 1 saturated heterocycles. The van der Waals surface area contributed by atoms with Gasteiger partial charge in [0.1, 0.15) is 12.2 Å². The van der Waals surface area contributed by atoms with E-state index in [0.717, 1.165) is 12.8 Å². The lowest BCUT2D eigenvalue weighted by molar-refractivity contribution is -0.173. The summed E-state index contributed by atoms with van der Waals surface area (Å²) < 4.78 is 16.0. The van der Waals surface area contributed by atoms with Gasteiger partial charge in [0.15, 0.2) is 0 Å². The maximum absolute atomic E-state index is 12.5. The zero-order valence-corrected chi connectivity index (χ0v) is 14.0. The van der Waals surface area contributed by atoms with E-state index in [0.29, 0.717) is 6.42 Å². The molecular formula is C17H24O6. The van der Waals surface area contributed by atoms with E-state index in [-0.39, 0.29) is 23.8 Å². The lowest BCUT2D eigenvalue weighted by Crippen LogP contribution is -2.45. The van der Waals surface area contributed by atoms with Crippen LogP contribution in [0.2, 0.25) is 0 Å². The lowest BCUT2D eigenvalue weighted by Gasteiger charge is -2.32. The Balaban J connectivity index is 1.81. The first-order chi connectivity index (χ1) is 10.8. The molecule has 3 aliphatic rings. The van der Waals surface area contributed by atoms with Gasteiger partial charge in [-0.1, -0.05) is 13.3 Å². The lowest BCUT2D eigenvalue weighted by atomic mass is 9.78. The van der Waals surface area contributed by atoms with Crippen LogP contribution in [0.5, 0.6) is 0 Å². The molecule has 0 aromatic heterocycles. The number of esters is 3. The molecule has 2 saturated carbocycles. The van der Waals surface area contributed by atoms with Crippen molar-refractivity contribution in [1.82, 2.24) is 0 Å². The number of hydrogen-bond donors (Lipinski definition) is 0. The zero-order chi connectivity index (χ0) is 16.9. The number of rotatable bonds is 5. The largest absolute Gasteiger partial charge is 0.469 e. The third kappa shape index (κ3) is 2.34. The summed E-state index contributed by atoms with van der Waals surface area (Å²) in [5, 5.41) is 0. The second-order valence-electron chi connectivity index (χ2n) is 7.54. The maximum Gasteiger partial charge on any atom is 0.311 e. The van der Waals surface area contributed by atoms with Gasteiger partial charge in [0, 0.05) is 11.8 Å². The third-order valence-electron chi connectivity index (χ3n) is 5.69. The number of carbonyl (C=O) groups is 3. The van der Waals surface area contributed by atoms with Crippen LogP contribution in [0.1, 0.15) is 40.0 Å². The van der Waals surface area contributed by atoms with Crippen LogP contribution in [0.15, 0.2) is 0 Å². The highest BCUT2D eigenvalue weighted by atomic mass is 16.6. The Morgan fingerprint density at radius 3 is 2.61 bits per heavy atom. The highest BCUT2D eigenvalue weighted by Gasteiger charge is 2.70. The molecule has 0 aromatic carbocycles. The molecule has 0 radical (unpaired) electrons. The Hall–Kier alpha value is -1.59. The molecular weight excluding hydrogens is 300 g/mol. The number of fused-ring (bicyclic) bond motifs is 1. The summed E-state index contributed by atoms with van der Waals surface area (Å²) >= 11 is 0. The Bertz CT molecular complexity index is 539. The van der Waals surface area contributed by atoms with Gasteiger partial charge >= 0.3 is 17.9 Å². The fourth-order valence-corrected chi connectivity index (χ4v) is 4.61. The van der Waals surface area contributed by atoms with Crippen LogP contribution in [0.25, 0.3) is 0 Å². The molecule has 0 amide bonds. The molecule has 23 heavy (non-hydrogen) atoms. The van der Waals surface area contributed by atoms with Crippen molar-refractivity contribution in [3.8, 4) is 0 Å². The molecule has 6 unspecified atom stereocenters. The van der Waals surface area contributed by atoms with Crippen LogP contribution in [0.3, 0.4) is 0 Å². The van der Waals surface area contributed by atoms with Crippen LogP contribution in [-0.4, -0.2) is 37.2 Å². The van der Waals surface area contributed by atoms with Gasteiger partial charge in [-0.3, -0.25) is 14.4 Å². The standard InChI is InChI=1S/C17H24O6/c1-5-6-17(2,3)16(20)23-13-8-7-9-11(10(8)14(18)21-4)15(19)22-12(9)13/h8-13H,5-7H2,1-4H3. The molecule has 6 heteroatoms. The van der Waals surface area contributed by atoms with Crippen molar-refractivity contribution in [3.63, 3.8) is 0 Å². The van der Waals surface area contributed by atoms with E-state index in [4.69, 9.17) is 14.2 Å². The van der Waals surface area contributed by atoms with Crippen molar-refractivity contribution in [2.75, 3.05) is 7.11 Å². The third-order valence-corrected chi connectivity index (χ3v) is 5.69. The molecule has 6 atom stereocenters. The van der Waals surface area contributed by atoms with E-state index in [1.54, 1.807) is 0 Å². The SMILES string of the molecule is CCCC(C)(C)C(=O)OC1C2CC3C1OC(=O)C3C2C(=O)OC. The average Bonchev–Trinajstić information content (AvgIpc) is 3.09. The summed E-state index contributed by atoms with van der Waals surface area (Å²) in [6.07, 6.45) is 1.34. The van der Waals surface area contributed by atoms with Crippen LogP contribution < -0.4 is 0 Å². The zero-order valence-electron chi connectivity index (χ0n) is 14.0. The predicted octanol–water partition coefficient (Wildman–Crippen LogP) is 1.70. The van der Waals surface area contributed by atoms with Crippen LogP contribution in [-0.2, 0) is 28.6 Å². The Labute approximate surface area is 135 Å². The molecule has 3 fully saturated rings. The molecule has 1 heterocycles. The van der Waals surface area contributed by atoms with E-state index in [1.807, 2.05) is 20.8 Å². The average molecular weight is 324 g/mol. The molecule has 3 rings (SSSR count). The first-order valence-corrected chi connectivity index (χ1v) is 8.31. The molecule has 128 valence electrons. The van der Waals surface area contributed by atoms with Gasteiger partial charge < -0.3 is 14.2 Å². The first-order valence-electron chi connectivity index (χ1n) is 8.31. The Morgan fingerprint density at radius 2 is 2.00 bits per heavy atom. The molecule has 0 aromatic rings. The second kappa shape index (κ2) is 5.49. The van der Waals surface area contributed by atoms with Gasteiger partial charge in [-0.05, 0) is 26.7 Å². The second-order valence-corrected chi connectivity index (χ2v) is 7.54. The van der Waals surface area contributed by atoms with Gasteiger partial charge in [-0.15, -0.1) is 0 Å². The highest BCUT2D eigenvalue weighted by molar-refractivity contribution is 5.86. The monoisotopic (exact) mass is 324 g/mol. The minimum absolute atomic E-state index is 0.0383.